The van der Waals surface area contributed by atoms with E-state index in [9.17, 15) is 0 Å². The molecule has 0 aromatic carbocycles. The number of aryl methyl sites for hydroxylation is 3. The molecule has 0 aliphatic rings. The first-order valence-electron chi connectivity index (χ1n) is 11.9. The molecule has 6 nitrogen and oxygen atoms in total. The van der Waals surface area contributed by atoms with Crippen LogP contribution in [0.25, 0.3) is 0 Å². The van der Waals surface area contributed by atoms with Crippen LogP contribution in [0.15, 0.2) is 18.2 Å². The summed E-state index contributed by atoms with van der Waals surface area (Å²) in [6, 6.07) is 6.56. The molecular weight excluding hydrogens is 522 g/mol. The average Bonchev–Trinajstić information content (AvgIpc) is 3.37. The minimum atomic E-state index is -0.769. The van der Waals surface area contributed by atoms with Crippen molar-refractivity contribution in [2.24, 2.45) is 0 Å². The molecule has 35 heavy (non-hydrogen) atoms. The molecule has 0 aliphatic carbocycles. The number of hydrogen-bond acceptors (Lipinski definition) is 3. The van der Waals surface area contributed by atoms with Crippen LogP contribution in [0, 0.1) is 20.8 Å². The van der Waals surface area contributed by atoms with Crippen LogP contribution in [0.3, 0.4) is 0 Å². The second-order valence-electron chi connectivity index (χ2n) is 12.5. The Morgan fingerprint density at radius 2 is 0.743 bits per heavy atom. The molecule has 0 bridgehead atoms. The van der Waals surface area contributed by atoms with Crippen molar-refractivity contribution in [3.8, 4) is 0 Å². The molecule has 197 valence electrons. The fourth-order valence-electron chi connectivity index (χ4n) is 4.08. The second kappa shape index (κ2) is 10.2. The van der Waals surface area contributed by atoms with Crippen LogP contribution >= 0.6 is 20.2 Å². The third kappa shape index (κ3) is 6.18. The molecule has 0 atom stereocenters. The predicted molar refractivity (Wildman–Crippen MR) is 143 cm³/mol. The third-order valence-corrected chi connectivity index (χ3v) is 6.17. The Labute approximate surface area is 226 Å². The molecule has 0 N–H and O–H groups in total. The Bertz CT molecular complexity index is 1010. The van der Waals surface area contributed by atoms with Crippen LogP contribution in [0.2, 0.25) is 0 Å². The molecule has 0 amide bonds. The van der Waals surface area contributed by atoms with Crippen molar-refractivity contribution in [2.45, 2.75) is 112 Å². The molecule has 0 fully saturated rings. The summed E-state index contributed by atoms with van der Waals surface area (Å²) in [4.78, 5) is 0. The van der Waals surface area contributed by atoms with Crippen LogP contribution < -0.4 is 0 Å². The fraction of sp³-hybridized carbons (Fsp3) is 0.654. The normalized spacial score (nSPS) is 13.1. The Morgan fingerprint density at radius 3 is 0.886 bits per heavy atom. The van der Waals surface area contributed by atoms with Crippen molar-refractivity contribution < 1.29 is 13.1 Å². The number of aromatic nitrogens is 6. The number of hydrogen-bond donors (Lipinski definition) is 0. The summed E-state index contributed by atoms with van der Waals surface area (Å²) in [6.45, 7) is 28.3. The van der Waals surface area contributed by atoms with Gasteiger partial charge in [-0.05, 0) is 39.0 Å². The van der Waals surface area contributed by atoms with Crippen LogP contribution in [-0.2, 0) is 35.2 Å². The topological polar surface area (TPSA) is 53.5 Å². The van der Waals surface area contributed by atoms with E-state index < -0.39 is 5.79 Å². The first-order valence-corrected chi connectivity index (χ1v) is 15.1. The van der Waals surface area contributed by atoms with Crippen LogP contribution in [-0.4, -0.2) is 29.3 Å². The molecule has 3 rings (SSSR count). The van der Waals surface area contributed by atoms with Gasteiger partial charge in [-0.2, -0.15) is 15.3 Å². The zero-order valence-electron chi connectivity index (χ0n) is 23.5. The number of nitrogens with zero attached hydrogens (tertiary/aromatic N) is 6. The van der Waals surface area contributed by atoms with E-state index in [0.29, 0.717) is 0 Å². The standard InChI is InChI=1S/C26H42N6.2ClH.Mn/c1-17-14-20(23(4,5)6)27-30(17)26(13,31-18(2)15-21(28-31)24(7,8)9)32-19(3)16-22(29-32)25(10,11)12;;;/h14-16H,1-13H3;2*1H;/q;;;+2/p-2. The zero-order valence-corrected chi connectivity index (χ0v) is 26.2. The molecular formula is C26H42Cl2MnN6. The summed E-state index contributed by atoms with van der Waals surface area (Å²) >= 11 is 0.00694. The first kappa shape index (κ1) is 30.0. The summed E-state index contributed by atoms with van der Waals surface area (Å²) in [6.07, 6.45) is 0. The summed E-state index contributed by atoms with van der Waals surface area (Å²) in [5.41, 5.74) is 6.26. The molecule has 0 radical (unpaired) electrons. The summed E-state index contributed by atoms with van der Waals surface area (Å²) in [7, 11) is 9.59. The molecule has 0 saturated carbocycles. The summed E-state index contributed by atoms with van der Waals surface area (Å²) in [5, 5.41) is 15.4. The first-order chi connectivity index (χ1) is 15.8. The van der Waals surface area contributed by atoms with Gasteiger partial charge in [0.2, 0.25) is 5.79 Å². The van der Waals surface area contributed by atoms with Crippen molar-refractivity contribution in [1.82, 2.24) is 29.3 Å². The van der Waals surface area contributed by atoms with E-state index >= 15 is 0 Å². The van der Waals surface area contributed by atoms with Crippen LogP contribution in [0.1, 0.15) is 103 Å². The van der Waals surface area contributed by atoms with Crippen molar-refractivity contribution >= 4 is 20.2 Å². The van der Waals surface area contributed by atoms with Gasteiger partial charge in [-0.3, -0.25) is 0 Å². The molecule has 0 unspecified atom stereocenters. The van der Waals surface area contributed by atoms with E-state index in [1.54, 1.807) is 0 Å². The van der Waals surface area contributed by atoms with E-state index in [1.807, 2.05) is 0 Å². The van der Waals surface area contributed by atoms with Gasteiger partial charge in [0.1, 0.15) is 0 Å². The van der Waals surface area contributed by atoms with Gasteiger partial charge in [-0.15, -0.1) is 0 Å². The van der Waals surface area contributed by atoms with Crippen molar-refractivity contribution in [1.29, 1.82) is 0 Å². The molecule has 0 aliphatic heterocycles. The van der Waals surface area contributed by atoms with Crippen LogP contribution in [0.4, 0.5) is 0 Å². The Hall–Kier alpha value is -1.27. The average molecular weight is 565 g/mol. The van der Waals surface area contributed by atoms with Crippen molar-refractivity contribution in [3.05, 3.63) is 52.4 Å². The monoisotopic (exact) mass is 563 g/mol. The number of rotatable bonds is 3. The predicted octanol–water partition coefficient (Wildman–Crippen LogP) is 7.20. The quantitative estimate of drug-likeness (QED) is 0.316. The molecule has 0 spiro atoms. The minimum absolute atomic E-state index is 0.00694. The van der Waals surface area contributed by atoms with E-state index in [2.05, 4.69) is 122 Å². The van der Waals surface area contributed by atoms with E-state index in [4.69, 9.17) is 35.5 Å². The second-order valence-corrected chi connectivity index (χ2v) is 14.5. The molecule has 3 heterocycles. The van der Waals surface area contributed by atoms with Gasteiger partial charge in [0.15, 0.2) is 0 Å². The maximum atomic E-state index is 5.13. The maximum absolute atomic E-state index is 5.13. The molecule has 3 aromatic heterocycles. The molecule has 9 heteroatoms. The van der Waals surface area contributed by atoms with Gasteiger partial charge in [-0.1, -0.05) is 62.3 Å². The molecule has 0 saturated heterocycles. The number of halogens is 2. The van der Waals surface area contributed by atoms with Gasteiger partial charge in [-0.25, -0.2) is 14.0 Å². The Balaban J connectivity index is 0.00000137. The van der Waals surface area contributed by atoms with Gasteiger partial charge in [0, 0.05) is 40.3 Å². The molecule has 3 aromatic rings. The van der Waals surface area contributed by atoms with Gasteiger partial charge in [0.25, 0.3) is 0 Å². The Kier molecular flexibility index (Phi) is 8.76. The van der Waals surface area contributed by atoms with Gasteiger partial charge in [0.05, 0.1) is 17.1 Å². The van der Waals surface area contributed by atoms with Gasteiger partial charge < -0.3 is 0 Å². The fourth-order valence-corrected chi connectivity index (χ4v) is 4.08. The zero-order chi connectivity index (χ0) is 27.1. The van der Waals surface area contributed by atoms with E-state index in [1.165, 1.54) is 0 Å². The van der Waals surface area contributed by atoms with Crippen molar-refractivity contribution in [2.75, 3.05) is 0 Å². The third-order valence-electron chi connectivity index (χ3n) is 6.17. The van der Waals surface area contributed by atoms with Crippen LogP contribution in [0.5, 0.6) is 0 Å². The van der Waals surface area contributed by atoms with E-state index in [0.717, 1.165) is 34.2 Å². The van der Waals surface area contributed by atoms with Gasteiger partial charge >= 0.3 is 33.3 Å². The Morgan fingerprint density at radius 1 is 0.543 bits per heavy atom. The summed E-state index contributed by atoms with van der Waals surface area (Å²) < 4.78 is 6.27. The van der Waals surface area contributed by atoms with Crippen molar-refractivity contribution in [3.63, 3.8) is 0 Å². The summed E-state index contributed by atoms with van der Waals surface area (Å²) in [5.74, 6) is -0.769. The van der Waals surface area contributed by atoms with E-state index in [-0.39, 0.29) is 29.4 Å². The SMILES string of the molecule is Cc1cc(C(C)(C)C)nn1C(C)(n1nc(C(C)(C)C)cc1C)n1nc(C(C)(C)C)cc1C.[Cl][Mn][Cl].